The maximum Gasteiger partial charge on any atom is 0.244 e. The van der Waals surface area contributed by atoms with Gasteiger partial charge in [-0.15, -0.1) is 0 Å². The molecule has 140 valence electrons. The van der Waals surface area contributed by atoms with Gasteiger partial charge in [0.05, 0.1) is 16.1 Å². The molecule has 27 heavy (non-hydrogen) atoms. The van der Waals surface area contributed by atoms with Gasteiger partial charge in [-0.25, -0.2) is 4.39 Å². The average molecular weight is 454 g/mol. The number of likely N-dealkylation sites (tertiary alicyclic amines) is 1. The van der Waals surface area contributed by atoms with Crippen molar-refractivity contribution in [3.8, 4) is 0 Å². The average Bonchev–Trinajstić information content (AvgIpc) is 2.82. The molecule has 1 atom stereocenters. The van der Waals surface area contributed by atoms with E-state index < -0.39 is 35.5 Å². The summed E-state index contributed by atoms with van der Waals surface area (Å²) in [6.45, 7) is 1.25. The second-order valence-corrected chi connectivity index (χ2v) is 7.80. The van der Waals surface area contributed by atoms with E-state index in [0.717, 1.165) is 21.5 Å². The maximum absolute atomic E-state index is 13.1. The summed E-state index contributed by atoms with van der Waals surface area (Å²) in [4.78, 5) is 38.5. The number of hydrogen-bond acceptors (Lipinski definition) is 3. The van der Waals surface area contributed by atoms with Crippen LogP contribution in [-0.2, 0) is 19.8 Å². The molecule has 0 unspecified atom stereocenters. The number of nitrogens with one attached hydrogen (secondary N) is 1. The van der Waals surface area contributed by atoms with Crippen LogP contribution >= 0.6 is 27.5 Å². The van der Waals surface area contributed by atoms with E-state index in [1.165, 1.54) is 6.07 Å². The minimum Gasteiger partial charge on any atom is -0.323 e. The highest BCUT2D eigenvalue weighted by molar-refractivity contribution is 9.10. The van der Waals surface area contributed by atoms with Crippen LogP contribution in [-0.4, -0.2) is 29.2 Å². The number of halogens is 3. The molecule has 3 rings (SSSR count). The molecule has 1 aliphatic rings. The summed E-state index contributed by atoms with van der Waals surface area (Å²) in [5.41, 5.74) is -0.114. The van der Waals surface area contributed by atoms with Gasteiger partial charge in [0, 0.05) is 10.9 Å². The molecular weight excluding hydrogens is 439 g/mol. The molecule has 0 bridgehead atoms. The van der Waals surface area contributed by atoms with Crippen LogP contribution in [0.3, 0.4) is 0 Å². The zero-order valence-electron chi connectivity index (χ0n) is 14.3. The predicted octanol–water partition coefficient (Wildman–Crippen LogP) is 3.90. The molecule has 1 fully saturated rings. The first-order valence-electron chi connectivity index (χ1n) is 8.06. The van der Waals surface area contributed by atoms with Gasteiger partial charge in [0.2, 0.25) is 17.7 Å². The van der Waals surface area contributed by atoms with Gasteiger partial charge in [0.15, 0.2) is 0 Å². The van der Waals surface area contributed by atoms with Gasteiger partial charge >= 0.3 is 0 Å². The number of anilines is 1. The Morgan fingerprint density at radius 1 is 1.26 bits per heavy atom. The molecule has 1 saturated heterocycles. The molecule has 1 heterocycles. The van der Waals surface area contributed by atoms with E-state index in [2.05, 4.69) is 21.2 Å². The van der Waals surface area contributed by atoms with E-state index in [1.807, 2.05) is 0 Å². The predicted molar refractivity (Wildman–Crippen MR) is 103 cm³/mol. The minimum atomic E-state index is -1.02. The number of carbonyl (C=O) groups excluding carboxylic acids is 3. The van der Waals surface area contributed by atoms with Gasteiger partial charge in [-0.05, 0) is 42.8 Å². The van der Waals surface area contributed by atoms with Gasteiger partial charge in [-0.3, -0.25) is 19.3 Å². The summed E-state index contributed by atoms with van der Waals surface area (Å²) in [5, 5.41) is 2.52. The Kier molecular flexibility index (Phi) is 5.35. The van der Waals surface area contributed by atoms with E-state index in [0.29, 0.717) is 5.56 Å². The fourth-order valence-electron chi connectivity index (χ4n) is 3.01. The second kappa shape index (κ2) is 7.40. The smallest absolute Gasteiger partial charge is 0.244 e. The normalized spacial score (nSPS) is 19.5. The van der Waals surface area contributed by atoms with Crippen LogP contribution in [0.2, 0.25) is 5.02 Å². The first kappa shape index (κ1) is 19.5. The highest BCUT2D eigenvalue weighted by atomic mass is 79.9. The fourth-order valence-corrected chi connectivity index (χ4v) is 3.49. The van der Waals surface area contributed by atoms with Gasteiger partial charge in [0.25, 0.3) is 0 Å². The summed E-state index contributed by atoms with van der Waals surface area (Å²) in [6, 6.07) is 10.7. The van der Waals surface area contributed by atoms with Crippen molar-refractivity contribution in [2.24, 2.45) is 0 Å². The maximum atomic E-state index is 13.1. The molecule has 0 aliphatic carbocycles. The van der Waals surface area contributed by atoms with E-state index in [4.69, 9.17) is 11.6 Å². The molecule has 0 spiro atoms. The third kappa shape index (κ3) is 3.89. The molecular formula is C19H15BrClFN2O3. The summed E-state index contributed by atoms with van der Waals surface area (Å²) < 4.78 is 13.9. The number of amides is 3. The molecule has 0 saturated carbocycles. The quantitative estimate of drug-likeness (QED) is 0.714. The topological polar surface area (TPSA) is 66.5 Å². The minimum absolute atomic E-state index is 0.0158. The Morgan fingerprint density at radius 2 is 1.93 bits per heavy atom. The van der Waals surface area contributed by atoms with Gasteiger partial charge in [-0.2, -0.15) is 0 Å². The molecule has 2 aromatic carbocycles. The summed E-state index contributed by atoms with van der Waals surface area (Å²) in [6.07, 6.45) is -0.0158. The van der Waals surface area contributed by atoms with Crippen molar-refractivity contribution < 1.29 is 18.8 Å². The SMILES string of the molecule is C[C@@]1(c2ccc(Br)cc2)CC(=O)N(CC(=O)Nc2ccc(F)cc2Cl)C1=O. The van der Waals surface area contributed by atoms with Crippen molar-refractivity contribution >= 4 is 50.9 Å². The summed E-state index contributed by atoms with van der Waals surface area (Å²) in [7, 11) is 0. The lowest BCUT2D eigenvalue weighted by Gasteiger charge is -2.22. The van der Waals surface area contributed by atoms with E-state index in [1.54, 1.807) is 31.2 Å². The lowest BCUT2D eigenvalue weighted by molar-refractivity contribution is -0.142. The van der Waals surface area contributed by atoms with Crippen molar-refractivity contribution in [1.29, 1.82) is 0 Å². The first-order valence-corrected chi connectivity index (χ1v) is 9.23. The van der Waals surface area contributed by atoms with Gasteiger partial charge < -0.3 is 5.32 Å². The number of nitrogens with zero attached hydrogens (tertiary/aromatic N) is 1. The highest BCUT2D eigenvalue weighted by Crippen LogP contribution is 2.36. The number of imide groups is 1. The van der Waals surface area contributed by atoms with Crippen LogP contribution in [0.25, 0.3) is 0 Å². The van der Waals surface area contributed by atoms with Gasteiger partial charge in [-0.1, -0.05) is 39.7 Å². The van der Waals surface area contributed by atoms with Crippen molar-refractivity contribution in [1.82, 2.24) is 4.90 Å². The van der Waals surface area contributed by atoms with Crippen molar-refractivity contribution in [3.05, 3.63) is 63.3 Å². The zero-order valence-corrected chi connectivity index (χ0v) is 16.6. The fraction of sp³-hybridized carbons (Fsp3) is 0.211. The molecule has 1 aliphatic heterocycles. The summed E-state index contributed by atoms with van der Waals surface area (Å²) >= 11 is 9.22. The van der Waals surface area contributed by atoms with Crippen LogP contribution < -0.4 is 5.32 Å². The summed E-state index contributed by atoms with van der Waals surface area (Å²) in [5.74, 6) is -1.99. The second-order valence-electron chi connectivity index (χ2n) is 6.47. The number of carbonyl (C=O) groups is 3. The Morgan fingerprint density at radius 3 is 2.56 bits per heavy atom. The van der Waals surface area contributed by atoms with Crippen molar-refractivity contribution in [2.75, 3.05) is 11.9 Å². The highest BCUT2D eigenvalue weighted by Gasteiger charge is 2.49. The number of hydrogen-bond donors (Lipinski definition) is 1. The lowest BCUT2D eigenvalue weighted by Crippen LogP contribution is -2.41. The third-order valence-corrected chi connectivity index (χ3v) is 5.35. The molecule has 3 amide bonds. The van der Waals surface area contributed by atoms with E-state index in [9.17, 15) is 18.8 Å². The van der Waals surface area contributed by atoms with Crippen LogP contribution in [0, 0.1) is 5.82 Å². The van der Waals surface area contributed by atoms with Crippen LogP contribution in [0.4, 0.5) is 10.1 Å². The standard InChI is InChI=1S/C19H15BrClFN2O3/c1-19(11-2-4-12(20)5-3-11)9-17(26)24(18(19)27)10-16(25)23-15-7-6-13(22)8-14(15)21/h2-8H,9-10H2,1H3,(H,23,25)/t19-/m0/s1. The molecule has 0 radical (unpaired) electrons. The Balaban J connectivity index is 1.75. The number of rotatable bonds is 4. The Hall–Kier alpha value is -2.25. The molecule has 8 heteroatoms. The molecule has 1 N–H and O–H groups in total. The molecule has 2 aromatic rings. The van der Waals surface area contributed by atoms with Crippen LogP contribution in [0.15, 0.2) is 46.9 Å². The van der Waals surface area contributed by atoms with Crippen LogP contribution in [0.5, 0.6) is 0 Å². The molecule has 0 aromatic heterocycles. The van der Waals surface area contributed by atoms with Gasteiger partial charge in [0.1, 0.15) is 12.4 Å². The number of benzene rings is 2. The van der Waals surface area contributed by atoms with E-state index >= 15 is 0 Å². The zero-order chi connectivity index (χ0) is 19.8. The third-order valence-electron chi connectivity index (χ3n) is 4.51. The van der Waals surface area contributed by atoms with Crippen LogP contribution in [0.1, 0.15) is 18.9 Å². The Bertz CT molecular complexity index is 935. The Labute approximate surface area is 168 Å². The molecule has 5 nitrogen and oxygen atoms in total. The first-order chi connectivity index (χ1) is 12.7. The van der Waals surface area contributed by atoms with Crippen molar-refractivity contribution in [2.45, 2.75) is 18.8 Å². The van der Waals surface area contributed by atoms with Crippen molar-refractivity contribution in [3.63, 3.8) is 0 Å². The largest absolute Gasteiger partial charge is 0.323 e. The monoisotopic (exact) mass is 452 g/mol. The van der Waals surface area contributed by atoms with E-state index in [-0.39, 0.29) is 17.1 Å². The lowest BCUT2D eigenvalue weighted by atomic mass is 9.81.